The Morgan fingerprint density at radius 2 is 2.06 bits per heavy atom. The van der Waals surface area contributed by atoms with E-state index in [9.17, 15) is 0 Å². The number of nitrogens with one attached hydrogen (secondary N) is 1. The van der Waals surface area contributed by atoms with Crippen LogP contribution in [0.15, 0.2) is 35.1 Å². The van der Waals surface area contributed by atoms with Crippen LogP contribution in [0.4, 0.5) is 17.3 Å². The molecule has 1 heterocycles. The Labute approximate surface area is 107 Å². The Morgan fingerprint density at radius 3 is 2.76 bits per heavy atom. The van der Waals surface area contributed by atoms with Crippen molar-refractivity contribution in [3.8, 4) is 5.75 Å². The van der Waals surface area contributed by atoms with Crippen LogP contribution < -0.4 is 15.8 Å². The molecule has 0 bridgehead atoms. The zero-order valence-corrected chi connectivity index (χ0v) is 10.7. The normalized spacial score (nSPS) is 10.0. The van der Waals surface area contributed by atoms with E-state index >= 15 is 0 Å². The molecule has 0 spiro atoms. The molecule has 6 heteroatoms. The van der Waals surface area contributed by atoms with Gasteiger partial charge in [-0.2, -0.15) is 0 Å². The van der Waals surface area contributed by atoms with Gasteiger partial charge in [-0.25, -0.2) is 9.97 Å². The summed E-state index contributed by atoms with van der Waals surface area (Å²) in [5.74, 6) is 1.61. The molecule has 17 heavy (non-hydrogen) atoms. The van der Waals surface area contributed by atoms with Crippen LogP contribution >= 0.6 is 15.9 Å². The van der Waals surface area contributed by atoms with Gasteiger partial charge in [0.25, 0.3) is 0 Å². The molecule has 0 amide bonds. The van der Waals surface area contributed by atoms with E-state index in [0.717, 1.165) is 15.9 Å². The first-order chi connectivity index (χ1) is 8.20. The maximum atomic E-state index is 5.69. The van der Waals surface area contributed by atoms with Gasteiger partial charge in [-0.3, -0.25) is 0 Å². The monoisotopic (exact) mass is 294 g/mol. The maximum Gasteiger partial charge on any atom is 0.173 e. The van der Waals surface area contributed by atoms with Crippen molar-refractivity contribution in [2.75, 3.05) is 18.2 Å². The van der Waals surface area contributed by atoms with Gasteiger partial charge in [0.05, 0.1) is 11.6 Å². The summed E-state index contributed by atoms with van der Waals surface area (Å²) in [4.78, 5) is 8.05. The number of hydrogen-bond acceptors (Lipinski definition) is 5. The summed E-state index contributed by atoms with van der Waals surface area (Å²) in [6, 6.07) is 5.62. The van der Waals surface area contributed by atoms with Crippen LogP contribution in [0.3, 0.4) is 0 Å². The molecule has 1 aromatic carbocycles. The van der Waals surface area contributed by atoms with E-state index in [0.29, 0.717) is 11.6 Å². The van der Waals surface area contributed by atoms with Crippen molar-refractivity contribution in [2.45, 2.75) is 0 Å². The highest BCUT2D eigenvalue weighted by Crippen LogP contribution is 2.29. The van der Waals surface area contributed by atoms with Crippen molar-refractivity contribution in [3.05, 3.63) is 35.1 Å². The van der Waals surface area contributed by atoms with Crippen LogP contribution in [-0.4, -0.2) is 17.1 Å². The lowest BCUT2D eigenvalue weighted by molar-refractivity contribution is 0.412. The Hall–Kier alpha value is -1.82. The molecule has 88 valence electrons. The van der Waals surface area contributed by atoms with Gasteiger partial charge >= 0.3 is 0 Å². The molecule has 0 fully saturated rings. The Morgan fingerprint density at radius 1 is 1.29 bits per heavy atom. The number of nitrogens with two attached hydrogens (primary N) is 1. The topological polar surface area (TPSA) is 73.1 Å². The van der Waals surface area contributed by atoms with Gasteiger partial charge in [0.15, 0.2) is 11.6 Å². The van der Waals surface area contributed by atoms with Crippen molar-refractivity contribution in [1.82, 2.24) is 9.97 Å². The Kier molecular flexibility index (Phi) is 3.43. The molecule has 5 nitrogen and oxygen atoms in total. The second-order valence-corrected chi connectivity index (χ2v) is 4.12. The number of nitrogens with zero attached hydrogens (tertiary/aromatic N) is 2. The Bertz CT molecular complexity index is 533. The van der Waals surface area contributed by atoms with E-state index in [1.165, 1.54) is 0 Å². The number of halogens is 1. The van der Waals surface area contributed by atoms with Crippen LogP contribution in [-0.2, 0) is 0 Å². The van der Waals surface area contributed by atoms with Crippen molar-refractivity contribution >= 4 is 33.3 Å². The fourth-order valence-corrected chi connectivity index (χ4v) is 1.73. The van der Waals surface area contributed by atoms with Crippen LogP contribution in [0.5, 0.6) is 5.75 Å². The quantitative estimate of drug-likeness (QED) is 0.910. The second kappa shape index (κ2) is 5.01. The number of ether oxygens (including phenoxy) is 1. The van der Waals surface area contributed by atoms with Gasteiger partial charge in [0.1, 0.15) is 5.75 Å². The average molecular weight is 295 g/mol. The summed E-state index contributed by atoms with van der Waals surface area (Å²) in [5.41, 5.74) is 6.52. The molecule has 1 aromatic heterocycles. The highest BCUT2D eigenvalue weighted by molar-refractivity contribution is 9.10. The van der Waals surface area contributed by atoms with Gasteiger partial charge in [-0.15, -0.1) is 0 Å². The predicted octanol–water partition coefficient (Wildman–Crippen LogP) is 2.57. The average Bonchev–Trinajstić information content (AvgIpc) is 2.34. The summed E-state index contributed by atoms with van der Waals surface area (Å²) in [6.45, 7) is 0. The molecule has 0 saturated carbocycles. The lowest BCUT2D eigenvalue weighted by Gasteiger charge is -2.09. The number of anilines is 3. The van der Waals surface area contributed by atoms with Crippen molar-refractivity contribution in [1.29, 1.82) is 0 Å². The fraction of sp³-hybridized carbons (Fsp3) is 0.0909. The van der Waals surface area contributed by atoms with Gasteiger partial charge in [-0.05, 0) is 28.1 Å². The second-order valence-electron chi connectivity index (χ2n) is 3.26. The van der Waals surface area contributed by atoms with Crippen molar-refractivity contribution < 1.29 is 4.74 Å². The Balaban J connectivity index is 2.28. The summed E-state index contributed by atoms with van der Waals surface area (Å²) in [7, 11) is 1.61. The largest absolute Gasteiger partial charge is 0.495 e. The number of methoxy groups -OCH3 is 1. The highest BCUT2D eigenvalue weighted by atomic mass is 79.9. The van der Waals surface area contributed by atoms with Crippen LogP contribution in [0, 0.1) is 0 Å². The SMILES string of the molecule is COc1cc(Nc2nccnc2N)ccc1Br. The lowest BCUT2D eigenvalue weighted by Crippen LogP contribution is -2.00. The molecule has 2 aromatic rings. The maximum absolute atomic E-state index is 5.69. The number of rotatable bonds is 3. The molecule has 0 aliphatic heterocycles. The number of benzene rings is 1. The molecule has 0 radical (unpaired) electrons. The fourth-order valence-electron chi connectivity index (χ4n) is 1.32. The van der Waals surface area contributed by atoms with Crippen LogP contribution in [0.2, 0.25) is 0 Å². The van der Waals surface area contributed by atoms with E-state index in [4.69, 9.17) is 10.5 Å². The van der Waals surface area contributed by atoms with E-state index in [1.807, 2.05) is 18.2 Å². The summed E-state index contributed by atoms with van der Waals surface area (Å²) in [6.07, 6.45) is 3.12. The van der Waals surface area contributed by atoms with Crippen molar-refractivity contribution in [3.63, 3.8) is 0 Å². The first-order valence-corrected chi connectivity index (χ1v) is 5.67. The van der Waals surface area contributed by atoms with E-state index < -0.39 is 0 Å². The lowest BCUT2D eigenvalue weighted by atomic mass is 10.3. The molecule has 0 aliphatic rings. The minimum Gasteiger partial charge on any atom is -0.495 e. The summed E-state index contributed by atoms with van der Waals surface area (Å²) in [5, 5.41) is 3.07. The van der Waals surface area contributed by atoms with Crippen LogP contribution in [0.25, 0.3) is 0 Å². The third-order valence-corrected chi connectivity index (χ3v) is 2.80. The van der Waals surface area contributed by atoms with Gasteiger partial charge in [-0.1, -0.05) is 0 Å². The van der Waals surface area contributed by atoms with Gasteiger partial charge < -0.3 is 15.8 Å². The molecule has 0 atom stereocenters. The molecule has 0 saturated heterocycles. The molecule has 3 N–H and O–H groups in total. The molecule has 2 rings (SSSR count). The molecular formula is C11H11BrN4O. The predicted molar refractivity (Wildman–Crippen MR) is 70.4 cm³/mol. The number of aromatic nitrogens is 2. The van der Waals surface area contributed by atoms with E-state index in [1.54, 1.807) is 19.5 Å². The first-order valence-electron chi connectivity index (χ1n) is 4.88. The van der Waals surface area contributed by atoms with Crippen molar-refractivity contribution in [2.24, 2.45) is 0 Å². The minimum absolute atomic E-state index is 0.356. The summed E-state index contributed by atoms with van der Waals surface area (Å²) >= 11 is 3.39. The molecular weight excluding hydrogens is 284 g/mol. The van der Waals surface area contributed by atoms with Gasteiger partial charge in [0.2, 0.25) is 0 Å². The summed E-state index contributed by atoms with van der Waals surface area (Å²) < 4.78 is 6.09. The zero-order chi connectivity index (χ0) is 12.3. The minimum atomic E-state index is 0.356. The number of hydrogen-bond donors (Lipinski definition) is 2. The smallest absolute Gasteiger partial charge is 0.173 e. The van der Waals surface area contributed by atoms with Crippen LogP contribution in [0.1, 0.15) is 0 Å². The highest BCUT2D eigenvalue weighted by Gasteiger charge is 2.04. The first kappa shape index (κ1) is 11.7. The van der Waals surface area contributed by atoms with E-state index in [2.05, 4.69) is 31.2 Å². The third kappa shape index (κ3) is 2.65. The zero-order valence-electron chi connectivity index (χ0n) is 9.14. The van der Waals surface area contributed by atoms with Gasteiger partial charge in [0, 0.05) is 24.1 Å². The number of nitrogen functional groups attached to an aromatic ring is 1. The third-order valence-electron chi connectivity index (χ3n) is 2.14. The van der Waals surface area contributed by atoms with E-state index in [-0.39, 0.29) is 0 Å². The molecule has 0 unspecified atom stereocenters. The standard InChI is InChI=1S/C11H11BrN4O/c1-17-9-6-7(2-3-8(9)12)16-11-10(13)14-4-5-15-11/h2-6H,1H3,(H2,13,14)(H,15,16). The molecule has 0 aliphatic carbocycles.